The number of carboxylic acids is 1. The number of carboxylic acid groups (broad SMARTS) is 1. The second-order valence-electron chi connectivity index (χ2n) is 12.2. The van der Waals surface area contributed by atoms with E-state index >= 15 is 0 Å². The first kappa shape index (κ1) is 32.4. The lowest BCUT2D eigenvalue weighted by Gasteiger charge is -2.31. The number of aliphatic carboxylic acids is 1. The van der Waals surface area contributed by atoms with Crippen LogP contribution in [0.5, 0.6) is 0 Å². The monoisotopic (exact) mass is 572 g/mol. The lowest BCUT2D eigenvalue weighted by Crippen LogP contribution is -2.51. The number of urea groups is 1. The van der Waals surface area contributed by atoms with E-state index in [1.54, 1.807) is 4.90 Å². The van der Waals surface area contributed by atoms with Crippen LogP contribution in [0.3, 0.4) is 0 Å². The Labute approximate surface area is 249 Å². The molecule has 1 unspecified atom stereocenters. The van der Waals surface area contributed by atoms with Crippen molar-refractivity contribution in [1.29, 1.82) is 0 Å². The van der Waals surface area contributed by atoms with E-state index < -0.39 is 29.6 Å². The standard InChI is InChI=1S/C35H44N2O5/c1-25(2)23-37(24-30(33(40)42-35(3,4)5)21-16-26-12-8-6-9-13-26)34(41)36-31(32(38)39)22-27-17-19-29(20-18-27)28-14-10-7-11-15-28/h6-15,17-20,25,30-31H,16,21-24H2,1-5H3,(H,36,41)(H,38,39)/t30?,31-/m0/s1. The molecule has 7 heteroatoms. The summed E-state index contributed by atoms with van der Waals surface area (Å²) >= 11 is 0. The highest BCUT2D eigenvalue weighted by Crippen LogP contribution is 2.21. The molecule has 3 aromatic rings. The average molecular weight is 573 g/mol. The molecule has 2 atom stereocenters. The van der Waals surface area contributed by atoms with Gasteiger partial charge in [-0.1, -0.05) is 98.8 Å². The fourth-order valence-corrected chi connectivity index (χ4v) is 4.74. The SMILES string of the molecule is CC(C)CN(CC(CCc1ccccc1)C(=O)OC(C)(C)C)C(=O)N[C@@H](Cc1ccc(-c2ccccc2)cc1)C(=O)O. The van der Waals surface area contributed by atoms with Gasteiger partial charge in [0.05, 0.1) is 5.92 Å². The first-order valence-electron chi connectivity index (χ1n) is 14.6. The Morgan fingerprint density at radius 3 is 1.93 bits per heavy atom. The lowest BCUT2D eigenvalue weighted by molar-refractivity contribution is -0.160. The molecule has 7 nitrogen and oxygen atoms in total. The van der Waals surface area contributed by atoms with Crippen molar-refractivity contribution in [2.24, 2.45) is 11.8 Å². The van der Waals surface area contributed by atoms with Crippen LogP contribution in [0.1, 0.15) is 52.2 Å². The van der Waals surface area contributed by atoms with Gasteiger partial charge in [0.1, 0.15) is 11.6 Å². The van der Waals surface area contributed by atoms with Crippen molar-refractivity contribution in [1.82, 2.24) is 10.2 Å². The van der Waals surface area contributed by atoms with Gasteiger partial charge in [0, 0.05) is 19.5 Å². The third kappa shape index (κ3) is 10.7. The molecular weight excluding hydrogens is 528 g/mol. The highest BCUT2D eigenvalue weighted by molar-refractivity contribution is 5.83. The first-order valence-corrected chi connectivity index (χ1v) is 14.6. The van der Waals surface area contributed by atoms with E-state index in [0.717, 1.165) is 22.3 Å². The summed E-state index contributed by atoms with van der Waals surface area (Å²) in [5, 5.41) is 12.7. The van der Waals surface area contributed by atoms with Crippen LogP contribution in [0.25, 0.3) is 11.1 Å². The number of nitrogens with one attached hydrogen (secondary N) is 1. The van der Waals surface area contributed by atoms with Gasteiger partial charge >= 0.3 is 18.0 Å². The molecule has 2 amide bonds. The van der Waals surface area contributed by atoms with Crippen molar-refractivity contribution in [2.45, 2.75) is 65.5 Å². The van der Waals surface area contributed by atoms with Gasteiger partial charge in [-0.25, -0.2) is 9.59 Å². The number of hydrogen-bond acceptors (Lipinski definition) is 4. The quantitative estimate of drug-likeness (QED) is 0.225. The highest BCUT2D eigenvalue weighted by atomic mass is 16.6. The van der Waals surface area contributed by atoms with Gasteiger partial charge in [-0.05, 0) is 61.8 Å². The number of amides is 2. The smallest absolute Gasteiger partial charge is 0.326 e. The van der Waals surface area contributed by atoms with E-state index in [9.17, 15) is 19.5 Å². The molecule has 0 spiro atoms. The van der Waals surface area contributed by atoms with E-state index in [4.69, 9.17) is 4.74 Å². The molecule has 0 heterocycles. The summed E-state index contributed by atoms with van der Waals surface area (Å²) in [6.07, 6.45) is 1.28. The summed E-state index contributed by atoms with van der Waals surface area (Å²) in [7, 11) is 0. The average Bonchev–Trinajstić information content (AvgIpc) is 2.94. The van der Waals surface area contributed by atoms with Gasteiger partial charge in [0.25, 0.3) is 0 Å². The van der Waals surface area contributed by atoms with Crippen LogP contribution in [0.4, 0.5) is 4.79 Å². The third-order valence-corrected chi connectivity index (χ3v) is 6.77. The second kappa shape index (κ2) is 15.2. The topological polar surface area (TPSA) is 95.9 Å². The maximum atomic E-state index is 13.5. The summed E-state index contributed by atoms with van der Waals surface area (Å²) in [6, 6.07) is 25.8. The highest BCUT2D eigenvalue weighted by Gasteiger charge is 2.31. The number of hydrogen-bond donors (Lipinski definition) is 2. The molecule has 0 saturated carbocycles. The molecule has 3 aromatic carbocycles. The number of rotatable bonds is 13. The van der Waals surface area contributed by atoms with Crippen LogP contribution < -0.4 is 5.32 Å². The van der Waals surface area contributed by atoms with Gasteiger partial charge in [0.15, 0.2) is 0 Å². The normalized spacial score (nSPS) is 12.8. The van der Waals surface area contributed by atoms with Gasteiger partial charge in [-0.3, -0.25) is 4.79 Å². The van der Waals surface area contributed by atoms with Crippen LogP contribution in [0.15, 0.2) is 84.9 Å². The minimum atomic E-state index is -1.13. The Bertz CT molecular complexity index is 1280. The fourth-order valence-electron chi connectivity index (χ4n) is 4.74. The summed E-state index contributed by atoms with van der Waals surface area (Å²) in [5.74, 6) is -1.94. The largest absolute Gasteiger partial charge is 0.480 e. The number of aryl methyl sites for hydroxylation is 1. The molecule has 42 heavy (non-hydrogen) atoms. The van der Waals surface area contributed by atoms with Gasteiger partial charge in [0.2, 0.25) is 0 Å². The zero-order valence-electron chi connectivity index (χ0n) is 25.4. The first-order chi connectivity index (χ1) is 19.9. The predicted molar refractivity (Wildman–Crippen MR) is 166 cm³/mol. The predicted octanol–water partition coefficient (Wildman–Crippen LogP) is 6.61. The molecular formula is C35H44N2O5. The Hall–Kier alpha value is -4.13. The van der Waals surface area contributed by atoms with Crippen LogP contribution in [-0.2, 0) is 27.2 Å². The number of nitrogens with zero attached hydrogens (tertiary/aromatic N) is 1. The van der Waals surface area contributed by atoms with Crippen molar-refractivity contribution in [3.63, 3.8) is 0 Å². The minimum absolute atomic E-state index is 0.109. The third-order valence-electron chi connectivity index (χ3n) is 6.77. The molecule has 0 aliphatic heterocycles. The molecule has 0 saturated heterocycles. The summed E-state index contributed by atoms with van der Waals surface area (Å²) in [6.45, 7) is 9.93. The maximum Gasteiger partial charge on any atom is 0.326 e. The molecule has 0 aromatic heterocycles. The Morgan fingerprint density at radius 1 is 0.810 bits per heavy atom. The van der Waals surface area contributed by atoms with Crippen LogP contribution in [0.2, 0.25) is 0 Å². The molecule has 0 aliphatic carbocycles. The summed E-state index contributed by atoms with van der Waals surface area (Å²) < 4.78 is 5.72. The van der Waals surface area contributed by atoms with Crippen molar-refractivity contribution in [2.75, 3.05) is 13.1 Å². The van der Waals surface area contributed by atoms with Crippen molar-refractivity contribution in [3.05, 3.63) is 96.1 Å². The molecule has 0 bridgehead atoms. The molecule has 0 aliphatic rings. The maximum absolute atomic E-state index is 13.5. The summed E-state index contributed by atoms with van der Waals surface area (Å²) in [4.78, 5) is 40.6. The van der Waals surface area contributed by atoms with Crippen LogP contribution in [-0.4, -0.2) is 52.7 Å². The van der Waals surface area contributed by atoms with E-state index in [0.29, 0.717) is 19.4 Å². The second-order valence-corrected chi connectivity index (χ2v) is 12.2. The number of carbonyl (C=O) groups excluding carboxylic acids is 2. The van der Waals surface area contributed by atoms with Crippen molar-refractivity contribution in [3.8, 4) is 11.1 Å². The van der Waals surface area contributed by atoms with Gasteiger partial charge in [-0.2, -0.15) is 0 Å². The molecule has 3 rings (SSSR count). The zero-order chi connectivity index (χ0) is 30.7. The van der Waals surface area contributed by atoms with Crippen molar-refractivity contribution >= 4 is 18.0 Å². The van der Waals surface area contributed by atoms with Gasteiger partial charge in [-0.15, -0.1) is 0 Å². The Morgan fingerprint density at radius 2 is 1.38 bits per heavy atom. The fraction of sp³-hybridized carbons (Fsp3) is 0.400. The van der Waals surface area contributed by atoms with E-state index in [-0.39, 0.29) is 24.9 Å². The molecule has 0 radical (unpaired) electrons. The molecule has 224 valence electrons. The van der Waals surface area contributed by atoms with Crippen molar-refractivity contribution < 1.29 is 24.2 Å². The van der Waals surface area contributed by atoms with Crippen LogP contribution in [0, 0.1) is 11.8 Å². The van der Waals surface area contributed by atoms with Crippen LogP contribution >= 0.6 is 0 Å². The summed E-state index contributed by atoms with van der Waals surface area (Å²) in [5.41, 5.74) is 3.32. The minimum Gasteiger partial charge on any atom is -0.480 e. The molecule has 2 N–H and O–H groups in total. The Kier molecular flexibility index (Phi) is 11.7. The number of ether oxygens (including phenoxy) is 1. The number of esters is 1. The Balaban J connectivity index is 1.74. The zero-order valence-corrected chi connectivity index (χ0v) is 25.4. The van der Waals surface area contributed by atoms with E-state index in [1.165, 1.54) is 0 Å². The number of benzene rings is 3. The molecule has 0 fully saturated rings. The van der Waals surface area contributed by atoms with Gasteiger partial charge < -0.3 is 20.1 Å². The van der Waals surface area contributed by atoms with E-state index in [1.807, 2.05) is 120 Å². The lowest BCUT2D eigenvalue weighted by atomic mass is 9.98. The van der Waals surface area contributed by atoms with E-state index in [2.05, 4.69) is 5.32 Å². The number of carbonyl (C=O) groups is 3.